The van der Waals surface area contributed by atoms with Crippen LogP contribution < -0.4 is 11.0 Å². The minimum atomic E-state index is -0.449. The first kappa shape index (κ1) is 22.8. The maximum atomic E-state index is 13.6. The second-order valence-electron chi connectivity index (χ2n) is 9.74. The number of imidazole rings is 1. The van der Waals surface area contributed by atoms with Gasteiger partial charge in [0, 0.05) is 23.7 Å². The van der Waals surface area contributed by atoms with Crippen LogP contribution >= 0.6 is 0 Å². The number of anilines is 1. The average Bonchev–Trinajstić information content (AvgIpc) is 3.64. The third-order valence-corrected chi connectivity index (χ3v) is 7.68. The molecule has 2 N–H and O–H groups in total. The molecule has 9 nitrogen and oxygen atoms in total. The highest BCUT2D eigenvalue weighted by Gasteiger charge is 2.49. The standard InChI is InChI=1S/C30H22N6O3/c31-16-19-12-13-24(22-10-6-14-32-26(19)22)36-28(37)27-25-15-20(35(27)30(36)39)17-34(25)29(38)33-23-11-5-4-9-21(23)18-7-2-1-3-8-18/h1-14,20,25,37H,15,17H2,(H,33,38)/t20-,25-/m0/s1. The zero-order valence-electron chi connectivity index (χ0n) is 20.7. The highest BCUT2D eigenvalue weighted by atomic mass is 16.3. The van der Waals surface area contributed by atoms with Crippen LogP contribution in [0.3, 0.4) is 0 Å². The van der Waals surface area contributed by atoms with Crippen molar-refractivity contribution in [3.8, 4) is 28.8 Å². The van der Waals surface area contributed by atoms with E-state index in [9.17, 15) is 20.0 Å². The molecule has 2 amide bonds. The number of aromatic hydroxyl groups is 1. The van der Waals surface area contributed by atoms with Crippen molar-refractivity contribution >= 4 is 22.6 Å². The van der Waals surface area contributed by atoms with Crippen molar-refractivity contribution < 1.29 is 9.90 Å². The third-order valence-electron chi connectivity index (χ3n) is 7.68. The summed E-state index contributed by atoms with van der Waals surface area (Å²) in [5.41, 5.74) is 3.90. The average molecular weight is 515 g/mol. The summed E-state index contributed by atoms with van der Waals surface area (Å²) in [5.74, 6) is -0.204. The third kappa shape index (κ3) is 3.35. The Hall–Kier alpha value is -5.36. The molecule has 1 fully saturated rings. The van der Waals surface area contributed by atoms with E-state index >= 15 is 0 Å². The molecule has 5 aromatic rings. The number of carbonyl (C=O) groups is 1. The summed E-state index contributed by atoms with van der Waals surface area (Å²) >= 11 is 0. The minimum absolute atomic E-state index is 0.204. The van der Waals surface area contributed by atoms with Crippen LogP contribution in [0.15, 0.2) is 89.9 Å². The molecule has 2 aromatic heterocycles. The molecule has 4 heterocycles. The number of aromatic nitrogens is 3. The number of amides is 2. The first-order chi connectivity index (χ1) is 19.1. The quantitative estimate of drug-likeness (QED) is 0.353. The molecule has 9 heteroatoms. The predicted molar refractivity (Wildman–Crippen MR) is 146 cm³/mol. The van der Waals surface area contributed by atoms with Gasteiger partial charge in [-0.25, -0.2) is 14.2 Å². The lowest BCUT2D eigenvalue weighted by Crippen LogP contribution is -2.40. The van der Waals surface area contributed by atoms with Crippen LogP contribution in [-0.4, -0.2) is 36.7 Å². The van der Waals surface area contributed by atoms with Gasteiger partial charge in [-0.3, -0.25) is 9.55 Å². The lowest BCUT2D eigenvalue weighted by Gasteiger charge is -2.28. The molecule has 0 unspecified atom stereocenters. The Balaban J connectivity index is 1.25. The van der Waals surface area contributed by atoms with Crippen molar-refractivity contribution in [2.75, 3.05) is 11.9 Å². The van der Waals surface area contributed by atoms with Crippen molar-refractivity contribution in [1.82, 2.24) is 19.0 Å². The van der Waals surface area contributed by atoms with E-state index < -0.39 is 6.04 Å². The molecule has 3 aromatic carbocycles. The zero-order chi connectivity index (χ0) is 26.7. The molecular weight excluding hydrogens is 492 g/mol. The Labute approximate surface area is 222 Å². The summed E-state index contributed by atoms with van der Waals surface area (Å²) in [4.78, 5) is 33.1. The van der Waals surface area contributed by atoms with Crippen LogP contribution in [0.2, 0.25) is 0 Å². The van der Waals surface area contributed by atoms with Gasteiger partial charge in [0.15, 0.2) is 0 Å². The number of nitrogens with zero attached hydrogens (tertiary/aromatic N) is 5. The summed E-state index contributed by atoms with van der Waals surface area (Å²) in [6, 6.07) is 25.3. The highest BCUT2D eigenvalue weighted by molar-refractivity contribution is 5.95. The molecular formula is C30H22N6O3. The number of carbonyl (C=O) groups excluding carboxylic acids is 1. The number of hydrogen-bond donors (Lipinski definition) is 2. The predicted octanol–water partition coefficient (Wildman–Crippen LogP) is 4.97. The van der Waals surface area contributed by atoms with Crippen LogP contribution in [0.4, 0.5) is 10.5 Å². The van der Waals surface area contributed by atoms with Gasteiger partial charge in [-0.2, -0.15) is 5.26 Å². The number of fused-ring (bicyclic) bond motifs is 6. The van der Waals surface area contributed by atoms with Gasteiger partial charge >= 0.3 is 11.7 Å². The van der Waals surface area contributed by atoms with Crippen molar-refractivity contribution in [3.63, 3.8) is 0 Å². The fourth-order valence-corrected chi connectivity index (χ4v) is 5.98. The Morgan fingerprint density at radius 2 is 1.82 bits per heavy atom. The Kier molecular flexibility index (Phi) is 5.03. The van der Waals surface area contributed by atoms with Crippen LogP contribution in [0.1, 0.15) is 29.8 Å². The van der Waals surface area contributed by atoms with Gasteiger partial charge in [0.1, 0.15) is 11.8 Å². The van der Waals surface area contributed by atoms with E-state index in [1.54, 1.807) is 39.9 Å². The summed E-state index contributed by atoms with van der Waals surface area (Å²) in [5, 5.41) is 24.5. The number of rotatable bonds is 3. The van der Waals surface area contributed by atoms with Crippen LogP contribution in [-0.2, 0) is 0 Å². The van der Waals surface area contributed by atoms with Gasteiger partial charge < -0.3 is 15.3 Å². The SMILES string of the molecule is N#Cc1ccc(-n2c(O)c3n(c2=O)[C@H]2C[C@@H]3N(C(=O)Nc3ccccc3-c3ccccc3)C2)c2cccnc12. The molecule has 1 saturated heterocycles. The molecule has 39 heavy (non-hydrogen) atoms. The number of nitrogens with one attached hydrogen (secondary N) is 1. The van der Waals surface area contributed by atoms with Crippen molar-refractivity contribution in [2.24, 2.45) is 0 Å². The molecule has 0 saturated carbocycles. The van der Waals surface area contributed by atoms with E-state index in [1.165, 1.54) is 4.57 Å². The summed E-state index contributed by atoms with van der Waals surface area (Å²) in [6.45, 7) is 0.357. The Bertz CT molecular complexity index is 1890. The van der Waals surface area contributed by atoms with Gasteiger partial charge in [-0.15, -0.1) is 0 Å². The van der Waals surface area contributed by atoms with E-state index in [0.29, 0.717) is 46.5 Å². The molecule has 0 radical (unpaired) electrons. The monoisotopic (exact) mass is 514 g/mol. The van der Waals surface area contributed by atoms with Crippen LogP contribution in [0.5, 0.6) is 5.88 Å². The van der Waals surface area contributed by atoms with E-state index in [4.69, 9.17) is 0 Å². The fraction of sp³-hybridized carbons (Fsp3) is 0.133. The van der Waals surface area contributed by atoms with E-state index in [0.717, 1.165) is 11.1 Å². The van der Waals surface area contributed by atoms with Crippen LogP contribution in [0, 0.1) is 11.3 Å². The molecule has 2 aliphatic rings. The number of benzene rings is 3. The second kappa shape index (κ2) is 8.60. The van der Waals surface area contributed by atoms with Gasteiger partial charge in [0.05, 0.1) is 34.5 Å². The summed E-state index contributed by atoms with van der Waals surface area (Å²) < 4.78 is 2.86. The lowest BCUT2D eigenvalue weighted by molar-refractivity contribution is 0.198. The maximum Gasteiger partial charge on any atom is 0.336 e. The Morgan fingerprint density at radius 1 is 1.03 bits per heavy atom. The molecule has 2 atom stereocenters. The smallest absolute Gasteiger partial charge is 0.336 e. The van der Waals surface area contributed by atoms with Crippen LogP contribution in [0.25, 0.3) is 27.7 Å². The highest BCUT2D eigenvalue weighted by Crippen LogP contribution is 2.49. The molecule has 0 aliphatic carbocycles. The summed E-state index contributed by atoms with van der Waals surface area (Å²) in [7, 11) is 0. The summed E-state index contributed by atoms with van der Waals surface area (Å²) in [6.07, 6.45) is 2.14. The Morgan fingerprint density at radius 3 is 2.64 bits per heavy atom. The molecule has 7 rings (SSSR count). The second-order valence-corrected chi connectivity index (χ2v) is 9.74. The van der Waals surface area contributed by atoms with Gasteiger partial charge in [0.25, 0.3) is 0 Å². The molecule has 0 spiro atoms. The maximum absolute atomic E-state index is 13.6. The molecule has 2 bridgehead atoms. The minimum Gasteiger partial charge on any atom is -0.493 e. The molecule has 190 valence electrons. The normalized spacial score (nSPS) is 17.3. The number of likely N-dealkylation sites (tertiary alicyclic amines) is 1. The first-order valence-corrected chi connectivity index (χ1v) is 12.6. The van der Waals surface area contributed by atoms with Gasteiger partial charge in [0.2, 0.25) is 5.88 Å². The fourth-order valence-electron chi connectivity index (χ4n) is 5.98. The van der Waals surface area contributed by atoms with Gasteiger partial charge in [-0.05, 0) is 42.3 Å². The van der Waals surface area contributed by atoms with E-state index in [2.05, 4.69) is 16.4 Å². The zero-order valence-corrected chi connectivity index (χ0v) is 20.7. The lowest BCUT2D eigenvalue weighted by atomic mass is 10.0. The number of nitriles is 1. The van der Waals surface area contributed by atoms with E-state index in [-0.39, 0.29) is 23.6 Å². The number of para-hydroxylation sites is 1. The van der Waals surface area contributed by atoms with Crippen molar-refractivity contribution in [1.29, 1.82) is 5.26 Å². The van der Waals surface area contributed by atoms with E-state index in [1.807, 2.05) is 54.6 Å². The number of urea groups is 1. The first-order valence-electron chi connectivity index (χ1n) is 12.6. The van der Waals surface area contributed by atoms with Crippen molar-refractivity contribution in [3.05, 3.63) is 107 Å². The van der Waals surface area contributed by atoms with Crippen molar-refractivity contribution in [2.45, 2.75) is 18.5 Å². The largest absolute Gasteiger partial charge is 0.493 e. The van der Waals surface area contributed by atoms with Gasteiger partial charge in [-0.1, -0.05) is 48.5 Å². The topological polar surface area (TPSA) is 116 Å². The number of pyridine rings is 1. The number of hydrogen-bond acceptors (Lipinski definition) is 5. The molecule has 2 aliphatic heterocycles.